The number of para-hydroxylation sites is 1. The van der Waals surface area contributed by atoms with Gasteiger partial charge in [0, 0.05) is 11.3 Å². The Morgan fingerprint density at radius 1 is 1.12 bits per heavy atom. The van der Waals surface area contributed by atoms with Gasteiger partial charge in [0.25, 0.3) is 5.91 Å². The van der Waals surface area contributed by atoms with E-state index in [0.29, 0.717) is 16.9 Å². The normalized spacial score (nSPS) is 10.5. The van der Waals surface area contributed by atoms with Crippen LogP contribution in [0.5, 0.6) is 0 Å². The maximum atomic E-state index is 12.3. The van der Waals surface area contributed by atoms with Crippen molar-refractivity contribution in [3.05, 3.63) is 60.2 Å². The third-order valence-corrected chi connectivity index (χ3v) is 3.03. The van der Waals surface area contributed by atoms with Crippen LogP contribution in [0.4, 0.5) is 11.4 Å². The molecule has 2 rings (SSSR count). The molecule has 7 heteroatoms. The van der Waals surface area contributed by atoms with Crippen molar-refractivity contribution in [2.24, 2.45) is 5.10 Å². The number of hydrogen-bond donors (Lipinski definition) is 2. The van der Waals surface area contributed by atoms with Crippen molar-refractivity contribution >= 4 is 29.0 Å². The van der Waals surface area contributed by atoms with E-state index in [1.165, 1.54) is 0 Å². The predicted molar refractivity (Wildman–Crippen MR) is 94.1 cm³/mol. The minimum Gasteiger partial charge on any atom is -0.461 e. The Labute approximate surface area is 144 Å². The van der Waals surface area contributed by atoms with E-state index in [2.05, 4.69) is 15.8 Å². The highest BCUT2D eigenvalue weighted by atomic mass is 16.5. The standard InChI is InChI=1S/C18H16N4O3/c1-2-25-18(24)16(12-19)22-21-15-10-6-7-13(11-15)17(23)20-14-8-4-3-5-9-14/h3-11,21H,2H2,1H3,(H,20,23). The van der Waals surface area contributed by atoms with Crippen LogP contribution in [-0.4, -0.2) is 24.2 Å². The molecule has 0 fully saturated rings. The minimum absolute atomic E-state index is 0.147. The maximum Gasteiger partial charge on any atom is 0.369 e. The number of rotatable bonds is 6. The summed E-state index contributed by atoms with van der Waals surface area (Å²) < 4.78 is 4.72. The van der Waals surface area contributed by atoms with E-state index in [9.17, 15) is 9.59 Å². The Balaban J connectivity index is 2.09. The van der Waals surface area contributed by atoms with Gasteiger partial charge in [0.2, 0.25) is 5.71 Å². The van der Waals surface area contributed by atoms with E-state index >= 15 is 0 Å². The average molecular weight is 336 g/mol. The highest BCUT2D eigenvalue weighted by Gasteiger charge is 2.12. The third kappa shape index (κ3) is 5.18. The summed E-state index contributed by atoms with van der Waals surface area (Å²) in [5, 5.41) is 15.4. The van der Waals surface area contributed by atoms with Gasteiger partial charge in [0.05, 0.1) is 12.3 Å². The highest BCUT2D eigenvalue weighted by molar-refractivity contribution is 6.43. The summed E-state index contributed by atoms with van der Waals surface area (Å²) in [4.78, 5) is 23.7. The van der Waals surface area contributed by atoms with Crippen molar-refractivity contribution in [1.29, 1.82) is 5.26 Å². The number of hydrogen-bond acceptors (Lipinski definition) is 6. The second-order valence-electron chi connectivity index (χ2n) is 4.81. The first-order chi connectivity index (χ1) is 12.1. The molecule has 0 bridgehead atoms. The van der Waals surface area contributed by atoms with E-state index in [1.807, 2.05) is 18.2 Å². The predicted octanol–water partition coefficient (Wildman–Crippen LogP) is 2.79. The Hall–Kier alpha value is -3.66. The molecule has 0 heterocycles. The largest absolute Gasteiger partial charge is 0.461 e. The van der Waals surface area contributed by atoms with Crippen molar-refractivity contribution in [3.63, 3.8) is 0 Å². The molecule has 0 aliphatic heterocycles. The number of nitriles is 1. The summed E-state index contributed by atoms with van der Waals surface area (Å²) in [5.74, 6) is -1.10. The van der Waals surface area contributed by atoms with Gasteiger partial charge in [-0.2, -0.15) is 10.4 Å². The van der Waals surface area contributed by atoms with Gasteiger partial charge in [-0.1, -0.05) is 24.3 Å². The van der Waals surface area contributed by atoms with Gasteiger partial charge >= 0.3 is 5.97 Å². The van der Waals surface area contributed by atoms with E-state index in [4.69, 9.17) is 10.00 Å². The molecule has 0 aliphatic carbocycles. The first-order valence-corrected chi connectivity index (χ1v) is 7.51. The summed E-state index contributed by atoms with van der Waals surface area (Å²) in [6.07, 6.45) is 0. The van der Waals surface area contributed by atoms with Gasteiger partial charge in [-0.25, -0.2) is 4.79 Å². The Morgan fingerprint density at radius 3 is 2.52 bits per heavy atom. The van der Waals surface area contributed by atoms with Crippen molar-refractivity contribution in [1.82, 2.24) is 0 Å². The number of hydrazone groups is 1. The van der Waals surface area contributed by atoms with Gasteiger partial charge in [-0.15, -0.1) is 0 Å². The Bertz CT molecular complexity index is 826. The van der Waals surface area contributed by atoms with Crippen LogP contribution in [0.3, 0.4) is 0 Å². The maximum absolute atomic E-state index is 12.3. The number of anilines is 2. The van der Waals surface area contributed by atoms with Gasteiger partial charge in [-0.05, 0) is 37.3 Å². The van der Waals surface area contributed by atoms with Crippen molar-refractivity contribution in [2.75, 3.05) is 17.3 Å². The van der Waals surface area contributed by atoms with E-state index in [-0.39, 0.29) is 12.5 Å². The summed E-state index contributed by atoms with van der Waals surface area (Å²) in [7, 11) is 0. The van der Waals surface area contributed by atoms with Crippen molar-refractivity contribution in [2.45, 2.75) is 6.92 Å². The first-order valence-electron chi connectivity index (χ1n) is 7.51. The van der Waals surface area contributed by atoms with Crippen molar-refractivity contribution in [3.8, 4) is 6.07 Å². The van der Waals surface area contributed by atoms with Crippen LogP contribution in [0.25, 0.3) is 0 Å². The molecule has 0 unspecified atom stereocenters. The lowest BCUT2D eigenvalue weighted by atomic mass is 10.2. The topological polar surface area (TPSA) is 104 Å². The smallest absolute Gasteiger partial charge is 0.369 e. The SMILES string of the molecule is CCOC(=O)C(C#N)=NNc1cccc(C(=O)Nc2ccccc2)c1. The number of carbonyl (C=O) groups excluding carboxylic acids is 2. The lowest BCUT2D eigenvalue weighted by Crippen LogP contribution is -2.17. The zero-order valence-corrected chi connectivity index (χ0v) is 13.5. The van der Waals surface area contributed by atoms with E-state index in [0.717, 1.165) is 0 Å². The summed E-state index contributed by atoms with van der Waals surface area (Å²) in [6.45, 7) is 1.78. The molecule has 0 atom stereocenters. The van der Waals surface area contributed by atoms with E-state index < -0.39 is 11.7 Å². The molecule has 0 aliphatic rings. The van der Waals surface area contributed by atoms with Crippen LogP contribution in [-0.2, 0) is 9.53 Å². The zero-order chi connectivity index (χ0) is 18.1. The van der Waals surface area contributed by atoms with Crippen LogP contribution in [0, 0.1) is 11.3 Å². The monoisotopic (exact) mass is 336 g/mol. The molecule has 2 aromatic rings. The molecular formula is C18H16N4O3. The lowest BCUT2D eigenvalue weighted by molar-refractivity contribution is -0.134. The van der Waals surface area contributed by atoms with Gasteiger partial charge in [0.1, 0.15) is 6.07 Å². The van der Waals surface area contributed by atoms with Gasteiger partial charge in [-0.3, -0.25) is 10.2 Å². The third-order valence-electron chi connectivity index (χ3n) is 3.03. The number of carbonyl (C=O) groups is 2. The minimum atomic E-state index is -0.810. The second-order valence-corrected chi connectivity index (χ2v) is 4.81. The first kappa shape index (κ1) is 17.7. The summed E-state index contributed by atoms with van der Waals surface area (Å²) in [5.41, 5.74) is 3.71. The number of nitrogens with zero attached hydrogens (tertiary/aromatic N) is 2. The summed E-state index contributed by atoms with van der Waals surface area (Å²) in [6, 6.07) is 17.2. The van der Waals surface area contributed by atoms with Crippen molar-refractivity contribution < 1.29 is 14.3 Å². The number of amides is 1. The molecule has 0 spiro atoms. The molecule has 126 valence electrons. The fourth-order valence-corrected chi connectivity index (χ4v) is 1.89. The summed E-state index contributed by atoms with van der Waals surface area (Å²) >= 11 is 0. The number of nitrogens with one attached hydrogen (secondary N) is 2. The molecule has 2 N–H and O–H groups in total. The highest BCUT2D eigenvalue weighted by Crippen LogP contribution is 2.13. The second kappa shape index (κ2) is 8.84. The van der Waals surface area contributed by atoms with Crippen LogP contribution >= 0.6 is 0 Å². The molecule has 0 aromatic heterocycles. The molecule has 0 radical (unpaired) electrons. The van der Waals surface area contributed by atoms with Crippen LogP contribution in [0.15, 0.2) is 59.7 Å². The van der Waals surface area contributed by atoms with Crippen LogP contribution in [0.1, 0.15) is 17.3 Å². The molecule has 2 aromatic carbocycles. The molecule has 0 saturated carbocycles. The molecule has 1 amide bonds. The Kier molecular flexibility index (Phi) is 6.25. The zero-order valence-electron chi connectivity index (χ0n) is 13.5. The molecule has 0 saturated heterocycles. The number of ether oxygens (including phenoxy) is 1. The Morgan fingerprint density at radius 2 is 1.84 bits per heavy atom. The fourth-order valence-electron chi connectivity index (χ4n) is 1.89. The molecule has 7 nitrogen and oxygen atoms in total. The fraction of sp³-hybridized carbons (Fsp3) is 0.111. The molecular weight excluding hydrogens is 320 g/mol. The van der Waals surface area contributed by atoms with Crippen LogP contribution in [0.2, 0.25) is 0 Å². The van der Waals surface area contributed by atoms with E-state index in [1.54, 1.807) is 49.4 Å². The van der Waals surface area contributed by atoms with Gasteiger partial charge < -0.3 is 10.1 Å². The molecule has 25 heavy (non-hydrogen) atoms. The van der Waals surface area contributed by atoms with Gasteiger partial charge in [0.15, 0.2) is 0 Å². The average Bonchev–Trinajstić information content (AvgIpc) is 2.63. The number of benzene rings is 2. The lowest BCUT2D eigenvalue weighted by Gasteiger charge is -2.07. The van der Waals surface area contributed by atoms with Crippen LogP contribution < -0.4 is 10.7 Å². The number of esters is 1. The quantitative estimate of drug-likeness (QED) is 0.479.